The van der Waals surface area contributed by atoms with E-state index in [2.05, 4.69) is 0 Å². The lowest BCUT2D eigenvalue weighted by Gasteiger charge is -2.11. The minimum atomic E-state index is 0.0221. The Hall–Kier alpha value is -2.55. The highest BCUT2D eigenvalue weighted by Crippen LogP contribution is 2.23. The van der Waals surface area contributed by atoms with Crippen LogP contribution < -0.4 is 10.3 Å². The molecule has 0 fully saturated rings. The van der Waals surface area contributed by atoms with Crippen LogP contribution in [0.15, 0.2) is 59.4 Å². The average Bonchev–Trinajstić information content (AvgIpc) is 2.51. The summed E-state index contributed by atoms with van der Waals surface area (Å²) < 4.78 is 6.85. The number of nitrogens with zero attached hydrogens (tertiary/aromatic N) is 1. The van der Waals surface area contributed by atoms with Crippen LogP contribution >= 0.6 is 0 Å². The highest BCUT2D eigenvalue weighted by atomic mass is 16.5. The predicted octanol–water partition coefficient (Wildman–Crippen LogP) is 3.21. The lowest BCUT2D eigenvalue weighted by atomic mass is 10.1. The van der Waals surface area contributed by atoms with E-state index < -0.39 is 0 Å². The van der Waals surface area contributed by atoms with E-state index in [1.54, 1.807) is 18.7 Å². The molecule has 0 amide bonds. The minimum absolute atomic E-state index is 0.0221. The van der Waals surface area contributed by atoms with E-state index in [-0.39, 0.29) is 5.56 Å². The van der Waals surface area contributed by atoms with Gasteiger partial charge in [-0.3, -0.25) is 4.79 Å². The van der Waals surface area contributed by atoms with Crippen molar-refractivity contribution in [2.24, 2.45) is 7.05 Å². The maximum absolute atomic E-state index is 12.4. The topological polar surface area (TPSA) is 31.2 Å². The van der Waals surface area contributed by atoms with E-state index in [1.165, 1.54) is 0 Å². The van der Waals surface area contributed by atoms with Gasteiger partial charge in [0.1, 0.15) is 5.75 Å². The predicted molar refractivity (Wildman–Crippen MR) is 81.2 cm³/mol. The van der Waals surface area contributed by atoms with Gasteiger partial charge in [-0.15, -0.1) is 0 Å². The Balaban J connectivity index is 2.25. The number of ether oxygens (including phenoxy) is 1. The van der Waals surface area contributed by atoms with Crippen LogP contribution in [0.3, 0.4) is 0 Å². The molecule has 0 unspecified atom stereocenters. The SMILES string of the molecule is COc1ccc(-c2cc3ccccc3c(=O)n2C)cc1. The zero-order chi connectivity index (χ0) is 14.1. The Kier molecular flexibility index (Phi) is 3.03. The smallest absolute Gasteiger partial charge is 0.258 e. The molecule has 0 aliphatic heterocycles. The van der Waals surface area contributed by atoms with Crippen molar-refractivity contribution in [3.63, 3.8) is 0 Å². The molecule has 3 aromatic rings. The number of hydrogen-bond acceptors (Lipinski definition) is 2. The Morgan fingerprint density at radius 1 is 1.00 bits per heavy atom. The summed E-state index contributed by atoms with van der Waals surface area (Å²) >= 11 is 0. The van der Waals surface area contributed by atoms with Gasteiger partial charge >= 0.3 is 0 Å². The Labute approximate surface area is 117 Å². The number of hydrogen-bond donors (Lipinski definition) is 0. The maximum Gasteiger partial charge on any atom is 0.258 e. The third kappa shape index (κ3) is 1.97. The molecule has 3 heteroatoms. The number of benzene rings is 2. The largest absolute Gasteiger partial charge is 0.497 e. The van der Waals surface area contributed by atoms with E-state index in [4.69, 9.17) is 4.74 Å². The summed E-state index contributed by atoms with van der Waals surface area (Å²) in [6.45, 7) is 0. The van der Waals surface area contributed by atoms with Gasteiger partial charge in [-0.25, -0.2) is 0 Å². The number of pyridine rings is 1. The first-order chi connectivity index (χ1) is 9.70. The summed E-state index contributed by atoms with van der Waals surface area (Å²) in [7, 11) is 3.44. The van der Waals surface area contributed by atoms with Crippen molar-refractivity contribution >= 4 is 10.8 Å². The van der Waals surface area contributed by atoms with Gasteiger partial charge in [0.05, 0.1) is 12.8 Å². The molecule has 0 N–H and O–H groups in total. The molecule has 0 atom stereocenters. The van der Waals surface area contributed by atoms with Crippen molar-refractivity contribution in [2.75, 3.05) is 7.11 Å². The zero-order valence-electron chi connectivity index (χ0n) is 11.5. The molecule has 100 valence electrons. The molecule has 0 spiro atoms. The molecule has 1 aromatic heterocycles. The van der Waals surface area contributed by atoms with Crippen LogP contribution in [-0.2, 0) is 7.05 Å². The minimum Gasteiger partial charge on any atom is -0.497 e. The molecule has 0 saturated heterocycles. The summed E-state index contributed by atoms with van der Waals surface area (Å²) in [5.41, 5.74) is 1.92. The Morgan fingerprint density at radius 2 is 1.70 bits per heavy atom. The number of fused-ring (bicyclic) bond motifs is 1. The van der Waals surface area contributed by atoms with E-state index in [0.29, 0.717) is 0 Å². The van der Waals surface area contributed by atoms with Crippen molar-refractivity contribution in [1.29, 1.82) is 0 Å². The fourth-order valence-electron chi connectivity index (χ4n) is 2.39. The van der Waals surface area contributed by atoms with Gasteiger partial charge in [0.2, 0.25) is 0 Å². The number of methoxy groups -OCH3 is 1. The summed E-state index contributed by atoms with van der Waals surface area (Å²) in [6, 6.07) is 17.4. The molecule has 20 heavy (non-hydrogen) atoms. The maximum atomic E-state index is 12.4. The van der Waals surface area contributed by atoms with Gasteiger partial charge in [0.15, 0.2) is 0 Å². The molecule has 0 aliphatic rings. The fraction of sp³-hybridized carbons (Fsp3) is 0.118. The van der Waals surface area contributed by atoms with Crippen molar-refractivity contribution in [2.45, 2.75) is 0 Å². The lowest BCUT2D eigenvalue weighted by molar-refractivity contribution is 0.415. The molecule has 2 aromatic carbocycles. The third-order valence-corrected chi connectivity index (χ3v) is 3.54. The second-order valence-electron chi connectivity index (χ2n) is 4.71. The van der Waals surface area contributed by atoms with Gasteiger partial charge in [-0.2, -0.15) is 0 Å². The first-order valence-electron chi connectivity index (χ1n) is 6.44. The molecular formula is C17H15NO2. The zero-order valence-corrected chi connectivity index (χ0v) is 11.5. The van der Waals surface area contributed by atoms with Crippen molar-refractivity contribution in [1.82, 2.24) is 4.57 Å². The normalized spacial score (nSPS) is 10.7. The molecule has 0 bridgehead atoms. The molecule has 0 radical (unpaired) electrons. The second kappa shape index (κ2) is 4.85. The quantitative estimate of drug-likeness (QED) is 0.712. The average molecular weight is 265 g/mol. The fourth-order valence-corrected chi connectivity index (χ4v) is 2.39. The summed E-state index contributed by atoms with van der Waals surface area (Å²) in [6.07, 6.45) is 0. The summed E-state index contributed by atoms with van der Waals surface area (Å²) in [5.74, 6) is 0.805. The molecule has 1 heterocycles. The van der Waals surface area contributed by atoms with Gasteiger partial charge in [-0.05, 0) is 47.3 Å². The summed E-state index contributed by atoms with van der Waals surface area (Å²) in [5, 5.41) is 1.70. The standard InChI is InChI=1S/C17H15NO2/c1-18-16(12-7-9-14(20-2)10-8-12)11-13-5-3-4-6-15(13)17(18)19/h3-11H,1-2H3. The van der Waals surface area contributed by atoms with Crippen molar-refractivity contribution in [3.8, 4) is 17.0 Å². The van der Waals surface area contributed by atoms with E-state index >= 15 is 0 Å². The molecule has 0 saturated carbocycles. The molecule has 3 nitrogen and oxygen atoms in total. The monoisotopic (exact) mass is 265 g/mol. The van der Waals surface area contributed by atoms with Crippen molar-refractivity contribution in [3.05, 3.63) is 65.0 Å². The van der Waals surface area contributed by atoms with Crippen LogP contribution in [0, 0.1) is 0 Å². The highest BCUT2D eigenvalue weighted by molar-refractivity contribution is 5.85. The Morgan fingerprint density at radius 3 is 2.40 bits per heavy atom. The first-order valence-corrected chi connectivity index (χ1v) is 6.44. The van der Waals surface area contributed by atoms with E-state index in [9.17, 15) is 4.79 Å². The van der Waals surface area contributed by atoms with E-state index in [1.807, 2.05) is 54.6 Å². The van der Waals surface area contributed by atoms with E-state index in [0.717, 1.165) is 27.8 Å². The molecular weight excluding hydrogens is 250 g/mol. The van der Waals surface area contributed by atoms with Crippen LogP contribution in [0.1, 0.15) is 0 Å². The van der Waals surface area contributed by atoms with Crippen molar-refractivity contribution < 1.29 is 4.74 Å². The number of rotatable bonds is 2. The second-order valence-corrected chi connectivity index (χ2v) is 4.71. The first kappa shape index (κ1) is 12.5. The van der Waals surface area contributed by atoms with Gasteiger partial charge < -0.3 is 9.30 Å². The van der Waals surface area contributed by atoms with Gasteiger partial charge in [0, 0.05) is 12.4 Å². The van der Waals surface area contributed by atoms with Crippen LogP contribution in [0.5, 0.6) is 5.75 Å². The highest BCUT2D eigenvalue weighted by Gasteiger charge is 2.07. The van der Waals surface area contributed by atoms with Gasteiger partial charge in [0.25, 0.3) is 5.56 Å². The van der Waals surface area contributed by atoms with Crippen LogP contribution in [0.25, 0.3) is 22.0 Å². The Bertz CT molecular complexity index is 817. The van der Waals surface area contributed by atoms with Crippen LogP contribution in [0.2, 0.25) is 0 Å². The van der Waals surface area contributed by atoms with Crippen LogP contribution in [0.4, 0.5) is 0 Å². The number of aromatic nitrogens is 1. The molecule has 3 rings (SSSR count). The van der Waals surface area contributed by atoms with Crippen LogP contribution in [-0.4, -0.2) is 11.7 Å². The molecule has 0 aliphatic carbocycles. The lowest BCUT2D eigenvalue weighted by Crippen LogP contribution is -2.18. The van der Waals surface area contributed by atoms with Gasteiger partial charge in [-0.1, -0.05) is 18.2 Å². The summed E-state index contributed by atoms with van der Waals surface area (Å²) in [4.78, 5) is 12.4. The third-order valence-electron chi connectivity index (χ3n) is 3.54.